The quantitative estimate of drug-likeness (QED) is 0.449. The van der Waals surface area contributed by atoms with Gasteiger partial charge in [0.1, 0.15) is 0 Å². The minimum atomic E-state index is 0.816. The summed E-state index contributed by atoms with van der Waals surface area (Å²) in [6.07, 6.45) is 11.0. The first-order valence-corrected chi connectivity index (χ1v) is 6.92. The van der Waals surface area contributed by atoms with E-state index >= 15 is 0 Å². The fraction of sp³-hybridized carbons (Fsp3) is 1.00. The van der Waals surface area contributed by atoms with Crippen LogP contribution in [0.25, 0.3) is 0 Å². The Morgan fingerprint density at radius 2 is 1.53 bits per heavy atom. The van der Waals surface area contributed by atoms with Crippen LogP contribution < -0.4 is 0 Å². The molecule has 0 aliphatic heterocycles. The average Bonchev–Trinajstić information content (AvgIpc) is 2.25. The summed E-state index contributed by atoms with van der Waals surface area (Å²) in [5.41, 5.74) is 0. The van der Waals surface area contributed by atoms with Gasteiger partial charge in [0, 0.05) is 13.2 Å². The van der Waals surface area contributed by atoms with Crippen LogP contribution in [0.3, 0.4) is 0 Å². The van der Waals surface area contributed by atoms with Gasteiger partial charge in [-0.05, 0) is 25.7 Å². The molecule has 0 rings (SSSR count). The highest BCUT2D eigenvalue weighted by Crippen LogP contribution is 2.16. The van der Waals surface area contributed by atoms with Crippen LogP contribution in [-0.4, -0.2) is 13.2 Å². The van der Waals surface area contributed by atoms with Gasteiger partial charge < -0.3 is 4.74 Å². The van der Waals surface area contributed by atoms with Crippen LogP contribution in [0.2, 0.25) is 0 Å². The van der Waals surface area contributed by atoms with Crippen molar-refractivity contribution in [3.05, 3.63) is 0 Å². The van der Waals surface area contributed by atoms with Crippen LogP contribution in [0.4, 0.5) is 0 Å². The number of hydrogen-bond acceptors (Lipinski definition) is 1. The lowest BCUT2D eigenvalue weighted by atomic mass is 9.97. The van der Waals surface area contributed by atoms with Gasteiger partial charge in [-0.15, -0.1) is 0 Å². The molecular formula is C14H30O. The number of unbranched alkanes of at least 4 members (excludes halogenated alkanes) is 4. The molecule has 0 saturated carbocycles. The fourth-order valence-corrected chi connectivity index (χ4v) is 2.04. The summed E-state index contributed by atoms with van der Waals surface area (Å²) < 4.78 is 5.53. The highest BCUT2D eigenvalue weighted by molar-refractivity contribution is 4.58. The summed E-state index contributed by atoms with van der Waals surface area (Å²) >= 11 is 0. The van der Waals surface area contributed by atoms with E-state index in [4.69, 9.17) is 4.74 Å². The van der Waals surface area contributed by atoms with Crippen molar-refractivity contribution in [1.29, 1.82) is 0 Å². The summed E-state index contributed by atoms with van der Waals surface area (Å²) in [6.45, 7) is 8.49. The second-order valence-corrected chi connectivity index (χ2v) is 4.52. The average molecular weight is 214 g/mol. The van der Waals surface area contributed by atoms with Gasteiger partial charge in [0.25, 0.3) is 0 Å². The predicted octanol–water partition coefficient (Wildman–Crippen LogP) is 4.80. The molecule has 1 heteroatoms. The highest BCUT2D eigenvalue weighted by atomic mass is 16.5. The first-order valence-electron chi connectivity index (χ1n) is 6.92. The Morgan fingerprint density at radius 3 is 2.13 bits per heavy atom. The van der Waals surface area contributed by atoms with Crippen molar-refractivity contribution in [1.82, 2.24) is 0 Å². The number of hydrogen-bond donors (Lipinski definition) is 0. The maximum Gasteiger partial charge on any atom is 0.0494 e. The third-order valence-corrected chi connectivity index (χ3v) is 2.97. The molecule has 0 radical (unpaired) electrons. The van der Waals surface area contributed by atoms with E-state index in [9.17, 15) is 0 Å². The topological polar surface area (TPSA) is 9.23 Å². The Hall–Kier alpha value is -0.0400. The SMILES string of the molecule is CCCCCCCC(CCC)COCC. The molecule has 92 valence electrons. The van der Waals surface area contributed by atoms with E-state index in [-0.39, 0.29) is 0 Å². The van der Waals surface area contributed by atoms with Gasteiger partial charge in [-0.3, -0.25) is 0 Å². The van der Waals surface area contributed by atoms with Crippen LogP contribution in [0.5, 0.6) is 0 Å². The molecule has 1 atom stereocenters. The van der Waals surface area contributed by atoms with E-state index in [1.165, 1.54) is 51.4 Å². The maximum absolute atomic E-state index is 5.53. The van der Waals surface area contributed by atoms with Crippen molar-refractivity contribution < 1.29 is 4.74 Å². The fourth-order valence-electron chi connectivity index (χ4n) is 2.04. The van der Waals surface area contributed by atoms with Gasteiger partial charge in [0.2, 0.25) is 0 Å². The first kappa shape index (κ1) is 15.0. The van der Waals surface area contributed by atoms with E-state index in [0.29, 0.717) is 0 Å². The van der Waals surface area contributed by atoms with Gasteiger partial charge in [-0.2, -0.15) is 0 Å². The van der Waals surface area contributed by atoms with Crippen LogP contribution in [-0.2, 0) is 4.74 Å². The molecule has 0 aliphatic rings. The molecule has 1 unspecified atom stereocenters. The van der Waals surface area contributed by atoms with Crippen molar-refractivity contribution in [3.8, 4) is 0 Å². The maximum atomic E-state index is 5.53. The Bertz CT molecular complexity index is 112. The van der Waals surface area contributed by atoms with Gasteiger partial charge in [0.15, 0.2) is 0 Å². The Morgan fingerprint density at radius 1 is 0.800 bits per heavy atom. The molecule has 0 aromatic heterocycles. The Balaban J connectivity index is 3.38. The summed E-state index contributed by atoms with van der Waals surface area (Å²) in [6, 6.07) is 0. The second-order valence-electron chi connectivity index (χ2n) is 4.52. The molecule has 0 aromatic carbocycles. The zero-order chi connectivity index (χ0) is 11.4. The smallest absolute Gasteiger partial charge is 0.0494 e. The van der Waals surface area contributed by atoms with E-state index in [2.05, 4.69) is 20.8 Å². The largest absolute Gasteiger partial charge is 0.381 e. The molecule has 0 saturated heterocycles. The van der Waals surface area contributed by atoms with E-state index in [0.717, 1.165) is 19.1 Å². The molecule has 0 aromatic rings. The van der Waals surface area contributed by atoms with Crippen molar-refractivity contribution >= 4 is 0 Å². The normalized spacial score (nSPS) is 13.0. The zero-order valence-corrected chi connectivity index (χ0v) is 11.1. The highest BCUT2D eigenvalue weighted by Gasteiger charge is 2.06. The lowest BCUT2D eigenvalue weighted by Crippen LogP contribution is -2.09. The van der Waals surface area contributed by atoms with Crippen LogP contribution in [0, 0.1) is 5.92 Å². The van der Waals surface area contributed by atoms with Crippen molar-refractivity contribution in [2.24, 2.45) is 5.92 Å². The van der Waals surface area contributed by atoms with Crippen molar-refractivity contribution in [2.75, 3.05) is 13.2 Å². The number of rotatable bonds is 11. The molecule has 0 aliphatic carbocycles. The molecule has 0 bridgehead atoms. The summed E-state index contributed by atoms with van der Waals surface area (Å²) in [7, 11) is 0. The standard InChI is InChI=1S/C14H30O/c1-4-7-8-9-10-12-14(11-5-2)13-15-6-3/h14H,4-13H2,1-3H3. The summed E-state index contributed by atoms with van der Waals surface area (Å²) in [5, 5.41) is 0. The summed E-state index contributed by atoms with van der Waals surface area (Å²) in [5.74, 6) is 0.816. The monoisotopic (exact) mass is 214 g/mol. The molecule has 0 heterocycles. The zero-order valence-electron chi connectivity index (χ0n) is 11.1. The van der Waals surface area contributed by atoms with E-state index in [1.807, 2.05) is 0 Å². The Labute approximate surface area is 96.6 Å². The number of ether oxygens (including phenoxy) is 1. The van der Waals surface area contributed by atoms with E-state index < -0.39 is 0 Å². The minimum absolute atomic E-state index is 0.816. The Kier molecular flexibility index (Phi) is 12.0. The molecule has 0 N–H and O–H groups in total. The van der Waals surface area contributed by atoms with E-state index in [1.54, 1.807) is 0 Å². The summed E-state index contributed by atoms with van der Waals surface area (Å²) in [4.78, 5) is 0. The van der Waals surface area contributed by atoms with Gasteiger partial charge in [0.05, 0.1) is 0 Å². The molecule has 0 spiro atoms. The molecule has 15 heavy (non-hydrogen) atoms. The lowest BCUT2D eigenvalue weighted by molar-refractivity contribution is 0.102. The third-order valence-electron chi connectivity index (χ3n) is 2.97. The van der Waals surface area contributed by atoms with Gasteiger partial charge in [-0.1, -0.05) is 52.4 Å². The lowest BCUT2D eigenvalue weighted by Gasteiger charge is -2.15. The van der Waals surface area contributed by atoms with Crippen LogP contribution in [0.15, 0.2) is 0 Å². The molecular weight excluding hydrogens is 184 g/mol. The molecule has 0 fully saturated rings. The van der Waals surface area contributed by atoms with Gasteiger partial charge in [-0.25, -0.2) is 0 Å². The van der Waals surface area contributed by atoms with Crippen LogP contribution >= 0.6 is 0 Å². The van der Waals surface area contributed by atoms with Crippen LogP contribution in [0.1, 0.15) is 72.1 Å². The second kappa shape index (κ2) is 12.0. The third kappa shape index (κ3) is 10.2. The minimum Gasteiger partial charge on any atom is -0.381 e. The van der Waals surface area contributed by atoms with Crippen molar-refractivity contribution in [2.45, 2.75) is 72.1 Å². The van der Waals surface area contributed by atoms with Gasteiger partial charge >= 0.3 is 0 Å². The molecule has 0 amide bonds. The predicted molar refractivity (Wildman–Crippen MR) is 68.3 cm³/mol. The molecule has 1 nitrogen and oxygen atoms in total. The first-order chi connectivity index (χ1) is 7.35. The van der Waals surface area contributed by atoms with Crippen molar-refractivity contribution in [3.63, 3.8) is 0 Å².